The third-order valence-corrected chi connectivity index (χ3v) is 3.51. The first kappa shape index (κ1) is 19.1. The molecule has 0 saturated heterocycles. The van der Waals surface area contributed by atoms with Crippen LogP contribution in [0.2, 0.25) is 0 Å². The monoisotopic (exact) mass is 352 g/mol. The third-order valence-electron chi connectivity index (χ3n) is 3.51. The Kier molecular flexibility index (Phi) is 7.80. The van der Waals surface area contributed by atoms with Gasteiger partial charge >= 0.3 is 150 Å². The van der Waals surface area contributed by atoms with Gasteiger partial charge < -0.3 is 0 Å². The van der Waals surface area contributed by atoms with E-state index in [1.54, 1.807) is 0 Å². The van der Waals surface area contributed by atoms with Gasteiger partial charge in [0.15, 0.2) is 0 Å². The number of hydrogen-bond acceptors (Lipinski definition) is 8. The van der Waals surface area contributed by atoms with E-state index in [1.165, 1.54) is 4.68 Å². The zero-order chi connectivity index (χ0) is 18.6. The SMILES string of the molecule is N#CCCn1nnnc1CCC(/N=C\B=O)C(=O)OCc1ccccc1. The summed E-state index contributed by atoms with van der Waals surface area (Å²) in [5.74, 6) is 0.0189. The van der Waals surface area contributed by atoms with Gasteiger partial charge in [-0.05, 0) is 0 Å². The van der Waals surface area contributed by atoms with Crippen molar-refractivity contribution in [1.29, 1.82) is 5.26 Å². The molecular weight excluding hydrogens is 335 g/mol. The fourth-order valence-corrected chi connectivity index (χ4v) is 2.21. The van der Waals surface area contributed by atoms with Crippen LogP contribution < -0.4 is 0 Å². The van der Waals surface area contributed by atoms with E-state index in [2.05, 4.69) is 20.5 Å². The number of aryl methyl sites for hydroxylation is 2. The third kappa shape index (κ3) is 6.01. The van der Waals surface area contributed by atoms with E-state index in [4.69, 9.17) is 10.00 Å². The molecule has 1 unspecified atom stereocenters. The maximum atomic E-state index is 12.3. The van der Waals surface area contributed by atoms with Crippen molar-refractivity contribution in [2.45, 2.75) is 38.5 Å². The molecule has 0 spiro atoms. The first-order chi connectivity index (χ1) is 12.7. The van der Waals surface area contributed by atoms with Crippen LogP contribution >= 0.6 is 0 Å². The quantitative estimate of drug-likeness (QED) is 0.350. The molecule has 1 atom stereocenters. The molecule has 9 nitrogen and oxygen atoms in total. The summed E-state index contributed by atoms with van der Waals surface area (Å²) in [6, 6.07) is 10.5. The molecule has 0 fully saturated rings. The fourth-order valence-electron chi connectivity index (χ4n) is 2.21. The molecular formula is C16H17BN6O3. The summed E-state index contributed by atoms with van der Waals surface area (Å²) in [6.45, 7) is 0.506. The molecule has 26 heavy (non-hydrogen) atoms. The summed E-state index contributed by atoms with van der Waals surface area (Å²) in [6.07, 6.45) is 1.96. The van der Waals surface area contributed by atoms with Gasteiger partial charge in [-0.15, -0.1) is 0 Å². The molecule has 0 saturated carbocycles. The number of benzene rings is 1. The molecule has 2 aromatic rings. The van der Waals surface area contributed by atoms with Gasteiger partial charge in [0, 0.05) is 0 Å². The van der Waals surface area contributed by atoms with E-state index in [1.807, 2.05) is 36.4 Å². The molecule has 1 aromatic carbocycles. The van der Waals surface area contributed by atoms with Crippen LogP contribution in [0.15, 0.2) is 35.3 Å². The minimum absolute atomic E-state index is 0.132. The summed E-state index contributed by atoms with van der Waals surface area (Å²) >= 11 is 0. The predicted octanol–water partition coefficient (Wildman–Crippen LogP) is 0.709. The number of nitrogens with zero attached hydrogens (tertiary/aromatic N) is 6. The van der Waals surface area contributed by atoms with Crippen LogP contribution in [-0.4, -0.2) is 45.5 Å². The van der Waals surface area contributed by atoms with Gasteiger partial charge in [0.05, 0.1) is 0 Å². The van der Waals surface area contributed by atoms with Gasteiger partial charge in [-0.3, -0.25) is 0 Å². The fraction of sp³-hybridized carbons (Fsp3) is 0.375. The molecule has 0 bridgehead atoms. The van der Waals surface area contributed by atoms with Crippen LogP contribution in [0.5, 0.6) is 0 Å². The normalized spacial score (nSPS) is 11.7. The van der Waals surface area contributed by atoms with E-state index in [-0.39, 0.29) is 19.4 Å². The van der Waals surface area contributed by atoms with Crippen LogP contribution in [0.3, 0.4) is 0 Å². The van der Waals surface area contributed by atoms with Gasteiger partial charge in [-0.1, -0.05) is 0 Å². The number of tetrazole rings is 1. The van der Waals surface area contributed by atoms with Crippen LogP contribution in [-0.2, 0) is 33.8 Å². The van der Waals surface area contributed by atoms with Crippen molar-refractivity contribution in [3.8, 4) is 6.07 Å². The minimum atomic E-state index is -0.829. The number of aliphatic imine (C=N–C) groups is 1. The summed E-state index contributed by atoms with van der Waals surface area (Å²) in [4.78, 5) is 16.2. The Morgan fingerprint density at radius 2 is 2.23 bits per heavy atom. The molecule has 0 amide bonds. The molecule has 0 aliphatic carbocycles. The maximum absolute atomic E-state index is 12.3. The van der Waals surface area contributed by atoms with Crippen LogP contribution in [0, 0.1) is 11.3 Å². The van der Waals surface area contributed by atoms with Crippen LogP contribution in [0.4, 0.5) is 0 Å². The second kappa shape index (κ2) is 10.6. The number of aromatic nitrogens is 4. The summed E-state index contributed by atoms with van der Waals surface area (Å²) < 4.78 is 17.3. The summed E-state index contributed by atoms with van der Waals surface area (Å²) in [5, 5.41) is 19.9. The van der Waals surface area contributed by atoms with Gasteiger partial charge in [0.1, 0.15) is 0 Å². The van der Waals surface area contributed by atoms with E-state index in [0.717, 1.165) is 11.7 Å². The van der Waals surface area contributed by atoms with Gasteiger partial charge in [-0.25, -0.2) is 0 Å². The molecule has 0 N–H and O–H groups in total. The Morgan fingerprint density at radius 1 is 1.42 bits per heavy atom. The summed E-state index contributed by atoms with van der Waals surface area (Å²) in [7, 11) is 0.508. The average molecular weight is 352 g/mol. The van der Waals surface area contributed by atoms with Crippen molar-refractivity contribution >= 4 is 19.2 Å². The first-order valence-electron chi connectivity index (χ1n) is 8.04. The Labute approximate surface area is 150 Å². The number of rotatable bonds is 10. The zero-order valence-corrected chi connectivity index (χ0v) is 14.1. The van der Waals surface area contributed by atoms with E-state index < -0.39 is 12.0 Å². The molecule has 1 aromatic heterocycles. The Balaban J connectivity index is 1.95. The predicted molar refractivity (Wildman–Crippen MR) is 91.3 cm³/mol. The van der Waals surface area contributed by atoms with Crippen LogP contribution in [0.1, 0.15) is 24.2 Å². The first-order valence-corrected chi connectivity index (χ1v) is 8.04. The number of carbonyl (C=O) groups excluding carboxylic acids is 1. The average Bonchev–Trinajstić information content (AvgIpc) is 3.12. The molecule has 2 rings (SSSR count). The Hall–Kier alpha value is -3.22. The second-order valence-corrected chi connectivity index (χ2v) is 5.31. The van der Waals surface area contributed by atoms with Crippen molar-refractivity contribution in [2.75, 3.05) is 0 Å². The molecule has 0 aliphatic rings. The van der Waals surface area contributed by atoms with Gasteiger partial charge in [0.2, 0.25) is 0 Å². The number of ether oxygens (including phenoxy) is 1. The van der Waals surface area contributed by atoms with Crippen molar-refractivity contribution < 1.29 is 14.2 Å². The van der Waals surface area contributed by atoms with E-state index >= 15 is 0 Å². The van der Waals surface area contributed by atoms with Crippen LogP contribution in [0.25, 0.3) is 0 Å². The second-order valence-electron chi connectivity index (χ2n) is 5.31. The van der Waals surface area contributed by atoms with E-state index in [0.29, 0.717) is 25.9 Å². The van der Waals surface area contributed by atoms with Crippen molar-refractivity contribution in [3.63, 3.8) is 0 Å². The zero-order valence-electron chi connectivity index (χ0n) is 14.1. The number of carbonyl (C=O) groups is 1. The molecule has 1 heterocycles. The topological polar surface area (TPSA) is 123 Å². The summed E-state index contributed by atoms with van der Waals surface area (Å²) in [5.41, 5.74) is 0.861. The Bertz CT molecular complexity index is 787. The number of esters is 1. The molecule has 0 aliphatic heterocycles. The number of nitriles is 1. The standard InChI is InChI=1S/C16H17BN6O3/c18-9-4-10-23-15(20-21-22-23)8-7-14(19-12-17-25)16(24)26-11-13-5-2-1-3-6-13/h1-3,5-6,12,14H,4,7-8,10-11H2/b19-12-. The van der Waals surface area contributed by atoms with Crippen molar-refractivity contribution in [3.05, 3.63) is 41.7 Å². The Morgan fingerprint density at radius 3 is 2.96 bits per heavy atom. The van der Waals surface area contributed by atoms with Gasteiger partial charge in [-0.2, -0.15) is 0 Å². The molecule has 132 valence electrons. The molecule has 10 heteroatoms. The van der Waals surface area contributed by atoms with Crippen molar-refractivity contribution in [2.24, 2.45) is 4.99 Å². The number of hydrogen-bond donors (Lipinski definition) is 0. The van der Waals surface area contributed by atoms with E-state index in [9.17, 15) is 9.50 Å². The van der Waals surface area contributed by atoms with Crippen molar-refractivity contribution in [1.82, 2.24) is 20.2 Å². The van der Waals surface area contributed by atoms with Gasteiger partial charge in [0.25, 0.3) is 0 Å². The molecule has 0 radical (unpaired) electrons.